The van der Waals surface area contributed by atoms with Gasteiger partial charge in [-0.25, -0.2) is 8.42 Å². The van der Waals surface area contributed by atoms with Crippen LogP contribution in [0.25, 0.3) is 0 Å². The number of nitrogens with two attached hydrogens (primary N) is 3. The highest BCUT2D eigenvalue weighted by molar-refractivity contribution is 7.92. The normalized spacial score (nSPS) is 12.6. The molecular formula is C72H124N12O20S. The first kappa shape index (κ1) is 94.1. The van der Waals surface area contributed by atoms with Gasteiger partial charge in [0, 0.05) is 95.7 Å². The van der Waals surface area contributed by atoms with Gasteiger partial charge in [-0.3, -0.25) is 48.1 Å². The average molecular weight is 1510 g/mol. The number of primary amides is 1. The number of tetrazole rings is 1. The van der Waals surface area contributed by atoms with Gasteiger partial charge in [-0.1, -0.05) is 108 Å². The quantitative estimate of drug-likeness (QED) is 0.0259. The number of hydrogen-bond donors (Lipinski definition) is 9. The van der Waals surface area contributed by atoms with Crippen LogP contribution < -0.4 is 38.5 Å². The zero-order valence-electron chi connectivity index (χ0n) is 62.4. The number of aliphatic imine (C=N–C) groups is 1. The van der Waals surface area contributed by atoms with Gasteiger partial charge in [0.1, 0.15) is 61.3 Å². The van der Waals surface area contributed by atoms with E-state index in [0.29, 0.717) is 70.3 Å². The molecule has 0 saturated heterocycles. The molecule has 32 nitrogen and oxygen atoms in total. The number of nitrogens with one attached hydrogen (secondary N) is 5. The summed E-state index contributed by atoms with van der Waals surface area (Å²) >= 11 is 0. The fourth-order valence-corrected chi connectivity index (χ4v) is 12.3. The summed E-state index contributed by atoms with van der Waals surface area (Å²) in [4.78, 5) is 117. The highest BCUT2D eigenvalue weighted by atomic mass is 32.2. The van der Waals surface area contributed by atoms with Gasteiger partial charge in [0.15, 0.2) is 27.4 Å². The summed E-state index contributed by atoms with van der Waals surface area (Å²) in [5, 5.41) is 34.5. The van der Waals surface area contributed by atoms with Crippen molar-refractivity contribution in [3.63, 3.8) is 0 Å². The number of carbonyl (C=O) groups excluding carboxylic acids is 9. The number of aromatic nitrogens is 4. The molecule has 12 N–H and O–H groups in total. The van der Waals surface area contributed by atoms with Crippen LogP contribution in [0.4, 0.5) is 0 Å². The number of rotatable bonds is 73. The molecule has 0 spiro atoms. The van der Waals surface area contributed by atoms with Crippen LogP contribution in [0.5, 0.6) is 5.75 Å². The molecule has 5 amide bonds. The van der Waals surface area contributed by atoms with Gasteiger partial charge in [0.2, 0.25) is 29.5 Å². The van der Waals surface area contributed by atoms with Crippen LogP contribution in [0.2, 0.25) is 0 Å². The van der Waals surface area contributed by atoms with E-state index in [4.69, 9.17) is 55.1 Å². The molecule has 4 atom stereocenters. The number of phenolic OH excluding ortho intramolecular Hbond substituents is 1. The first-order valence-corrected chi connectivity index (χ1v) is 39.3. The Hall–Kier alpha value is -6.98. The lowest BCUT2D eigenvalue weighted by Crippen LogP contribution is -2.49. The lowest BCUT2D eigenvalue weighted by atomic mass is 9.80. The molecule has 2 rings (SSSR count). The number of aromatic hydroxyl groups is 1. The van der Waals surface area contributed by atoms with E-state index in [2.05, 4.69) is 46.9 Å². The number of benzene rings is 1. The summed E-state index contributed by atoms with van der Waals surface area (Å²) in [5.41, 5.74) is 17.2. The average Bonchev–Trinajstić information content (AvgIpc) is 0.992. The smallest absolute Gasteiger partial charge is 0.246 e. The number of phenols is 1. The van der Waals surface area contributed by atoms with Crippen molar-refractivity contribution in [2.75, 3.05) is 143 Å². The summed E-state index contributed by atoms with van der Waals surface area (Å²) in [5.74, 6) is -4.52. The SMILES string of the molecule is CC(C(=O)[C@@H](C)CCCCNC(=O)COCCOCCNC(=O)COCCOCCCC(=O)COCCOCCNC(=O)COCCOCCCC(=O)CCCS(=O)(=O)CC(=O)CCCCCCCCCCCCCCCc1nn[nH]n1)[C@@H](CCCN=C(N)N)C(=O)N[C@@H](Cc1ccc(O)cc1)C(N)=O. The molecule has 0 aliphatic rings. The topological polar surface area (TPSA) is 475 Å². The van der Waals surface area contributed by atoms with E-state index in [9.17, 15) is 56.7 Å². The molecule has 0 radical (unpaired) electrons. The fourth-order valence-electron chi connectivity index (χ4n) is 11.0. The van der Waals surface area contributed by atoms with E-state index in [0.717, 1.165) is 37.9 Å². The van der Waals surface area contributed by atoms with Crippen LogP contribution in [0.3, 0.4) is 0 Å². The van der Waals surface area contributed by atoms with Crippen molar-refractivity contribution in [3.8, 4) is 5.75 Å². The number of aromatic amines is 1. The zero-order valence-corrected chi connectivity index (χ0v) is 63.2. The van der Waals surface area contributed by atoms with Crippen molar-refractivity contribution >= 4 is 68.5 Å². The molecule has 1 heterocycles. The predicted octanol–water partition coefficient (Wildman–Crippen LogP) is 3.75. The molecule has 0 aliphatic carbocycles. The number of carbonyl (C=O) groups is 9. The Balaban J connectivity index is 1.32. The van der Waals surface area contributed by atoms with Gasteiger partial charge in [-0.2, -0.15) is 5.21 Å². The Labute approximate surface area is 620 Å². The molecule has 0 aliphatic heterocycles. The third-order valence-corrected chi connectivity index (χ3v) is 18.6. The molecule has 2 aromatic rings. The molecule has 0 saturated carbocycles. The molecule has 105 heavy (non-hydrogen) atoms. The second kappa shape index (κ2) is 62.1. The largest absolute Gasteiger partial charge is 0.508 e. The molecule has 1 unspecified atom stereocenters. The summed E-state index contributed by atoms with van der Waals surface area (Å²) in [6.07, 6.45) is 20.2. The fraction of sp³-hybridized carbons (Fsp3) is 0.764. The van der Waals surface area contributed by atoms with Crippen molar-refractivity contribution in [2.24, 2.45) is 39.9 Å². The number of hydrogen-bond acceptors (Lipinski definition) is 24. The zero-order chi connectivity index (χ0) is 76.8. The van der Waals surface area contributed by atoms with Gasteiger partial charge in [-0.05, 0) is 75.5 Å². The second-order valence-electron chi connectivity index (χ2n) is 26.1. The van der Waals surface area contributed by atoms with Crippen LogP contribution in [0.1, 0.15) is 186 Å². The first-order valence-electron chi connectivity index (χ1n) is 37.5. The van der Waals surface area contributed by atoms with E-state index in [-0.39, 0.29) is 215 Å². The summed E-state index contributed by atoms with van der Waals surface area (Å²) < 4.78 is 68.3. The van der Waals surface area contributed by atoms with Gasteiger partial charge < -0.3 is 81.5 Å². The van der Waals surface area contributed by atoms with E-state index in [1.807, 2.05) is 0 Å². The molecule has 0 bridgehead atoms. The van der Waals surface area contributed by atoms with E-state index in [1.165, 1.54) is 63.5 Å². The van der Waals surface area contributed by atoms with Crippen molar-refractivity contribution < 1.29 is 94.6 Å². The minimum absolute atomic E-state index is 0.0518. The number of Topliss-reactive ketones (excluding diaryl/α,β-unsaturated/α-hetero) is 4. The first-order chi connectivity index (χ1) is 50.6. The van der Waals surface area contributed by atoms with Crippen molar-refractivity contribution in [1.29, 1.82) is 0 Å². The van der Waals surface area contributed by atoms with Crippen LogP contribution >= 0.6 is 0 Å². The summed E-state index contributed by atoms with van der Waals surface area (Å²) in [7, 11) is -3.56. The van der Waals surface area contributed by atoms with Gasteiger partial charge in [0.05, 0.1) is 71.8 Å². The maximum Gasteiger partial charge on any atom is 0.246 e. The number of sulfone groups is 1. The number of unbranched alkanes of at least 4 members (excludes halogenated alkanes) is 13. The Kier molecular flexibility index (Phi) is 55.7. The summed E-state index contributed by atoms with van der Waals surface area (Å²) in [6.45, 7) is 6.75. The lowest BCUT2D eigenvalue weighted by Gasteiger charge is -2.26. The number of ether oxygens (including phenoxy) is 8. The molecular weight excluding hydrogens is 1380 g/mol. The van der Waals surface area contributed by atoms with Gasteiger partial charge in [-0.15, -0.1) is 10.2 Å². The molecule has 0 fully saturated rings. The third kappa shape index (κ3) is 54.3. The molecule has 1 aromatic heterocycles. The molecule has 598 valence electrons. The molecule has 1 aromatic carbocycles. The highest BCUT2D eigenvalue weighted by Crippen LogP contribution is 2.25. The number of aryl methyl sites for hydroxylation is 1. The standard InChI is InChI=1S/C72H124N12O20S/c1-56(69(92)57(2)63(27-18-34-79-72(74)75)71(94)80-64(70(73)93)50-58-29-31-60(86)32-30-58)22-16-17-33-76-66(89)52-104-48-44-100-40-36-78-68(91)54-103-47-42-98-38-20-25-61(87)51-101-45-43-99-39-35-77-67(90)53-102-46-41-97-37-19-24-59(85)26-21-49-105(95,96)55-62(88)23-14-12-10-8-6-4-3-5-7-9-11-13-15-28-65-81-83-84-82-65/h29-32,56-57,63-64,86H,3-28,33-55H2,1-2H3,(H2,73,93)(H,76,89)(H,77,90)(H,78,91)(H,80,94)(H4,74,75,79)(H,81,82,83,84)/t56-,57?,63+,64-/m0/s1. The van der Waals surface area contributed by atoms with Crippen LogP contribution in [-0.2, 0) is 104 Å². The number of guanidine groups is 1. The minimum Gasteiger partial charge on any atom is -0.508 e. The van der Waals surface area contributed by atoms with Crippen molar-refractivity contribution in [1.82, 2.24) is 41.9 Å². The predicted molar refractivity (Wildman–Crippen MR) is 393 cm³/mol. The number of ketones is 4. The van der Waals surface area contributed by atoms with Crippen molar-refractivity contribution in [2.45, 2.75) is 193 Å². The Morgan fingerprint density at radius 1 is 0.514 bits per heavy atom. The van der Waals surface area contributed by atoms with Crippen LogP contribution in [0.15, 0.2) is 29.3 Å². The number of amides is 5. The minimum atomic E-state index is -3.56. The monoisotopic (exact) mass is 1510 g/mol. The van der Waals surface area contributed by atoms with E-state index in [1.54, 1.807) is 26.0 Å². The number of H-pyrrole nitrogens is 1. The Bertz CT molecular complexity index is 2840. The van der Waals surface area contributed by atoms with Gasteiger partial charge >= 0.3 is 0 Å². The van der Waals surface area contributed by atoms with Crippen LogP contribution in [-0.4, -0.2) is 242 Å². The summed E-state index contributed by atoms with van der Waals surface area (Å²) in [6, 6.07) is 5.13. The number of nitrogens with zero attached hydrogens (tertiary/aromatic N) is 4. The van der Waals surface area contributed by atoms with Gasteiger partial charge in [0.25, 0.3) is 0 Å². The van der Waals surface area contributed by atoms with E-state index < -0.39 is 51.2 Å². The maximum atomic E-state index is 13.6. The van der Waals surface area contributed by atoms with Crippen molar-refractivity contribution in [3.05, 3.63) is 35.7 Å². The Morgan fingerprint density at radius 3 is 1.51 bits per heavy atom. The maximum absolute atomic E-state index is 13.6. The van der Waals surface area contributed by atoms with E-state index >= 15 is 0 Å². The molecule has 33 heteroatoms. The Morgan fingerprint density at radius 2 is 0.990 bits per heavy atom. The lowest BCUT2D eigenvalue weighted by molar-refractivity contribution is -0.136. The van der Waals surface area contributed by atoms with Crippen LogP contribution in [0, 0.1) is 17.8 Å². The second-order valence-corrected chi connectivity index (χ2v) is 28.3. The highest BCUT2D eigenvalue weighted by Gasteiger charge is 2.34. The third-order valence-electron chi connectivity index (χ3n) is 16.9.